The van der Waals surface area contributed by atoms with E-state index >= 15 is 0 Å². The highest BCUT2D eigenvalue weighted by atomic mass is 31.0. The summed E-state index contributed by atoms with van der Waals surface area (Å²) in [6, 6.07) is 17.3. The lowest BCUT2D eigenvalue weighted by Crippen LogP contribution is -2.51. The highest BCUT2D eigenvalue weighted by Gasteiger charge is 2.24. The van der Waals surface area contributed by atoms with Crippen molar-refractivity contribution in [2.75, 3.05) is 29.5 Å². The van der Waals surface area contributed by atoms with Crippen LogP contribution in [0, 0.1) is 13.8 Å². The number of nitrogens with two attached hydrogens (primary N) is 2. The van der Waals surface area contributed by atoms with Crippen LogP contribution < -0.4 is 36.5 Å². The summed E-state index contributed by atoms with van der Waals surface area (Å²) in [5.41, 5.74) is -0.0546. The summed E-state index contributed by atoms with van der Waals surface area (Å²) < 4.78 is 33.4. The van der Waals surface area contributed by atoms with Crippen LogP contribution in [0.15, 0.2) is 60.7 Å². The molecule has 1 aromatic heterocycles. The van der Waals surface area contributed by atoms with Crippen molar-refractivity contribution in [3.05, 3.63) is 71.9 Å². The van der Waals surface area contributed by atoms with Gasteiger partial charge < -0.3 is 14.8 Å². The Morgan fingerprint density at radius 1 is 0.950 bits per heavy atom. The van der Waals surface area contributed by atoms with Gasteiger partial charge in [-0.05, 0) is 43.7 Å². The van der Waals surface area contributed by atoms with E-state index in [2.05, 4.69) is 15.3 Å². The average Bonchev–Trinajstić information content (AvgIpc) is 2.90. The number of fused-ring (bicyclic) bond motifs is 1. The molecule has 0 aliphatic carbocycles. The Hall–Kier alpha value is -4.12. The molecule has 3 aromatic carbocycles. The summed E-state index contributed by atoms with van der Waals surface area (Å²) in [4.78, 5) is 21.9. The molecule has 2 amide bonds. The maximum atomic E-state index is 13.2. The minimum Gasteiger partial charge on any atom is -0.495 e. The zero-order chi connectivity index (χ0) is 29.6. The highest BCUT2D eigenvalue weighted by Crippen LogP contribution is 2.36. The molecule has 0 saturated heterocycles. The molecule has 0 aliphatic rings. The molecule has 1 heterocycles. The molecule has 4 rings (SSSR count). The topological polar surface area (TPSA) is 132 Å². The normalized spacial score (nSPS) is 10.8. The fourth-order valence-corrected chi connectivity index (χ4v) is 3.68. The molecule has 0 bridgehead atoms. The van der Waals surface area contributed by atoms with E-state index in [1.807, 2.05) is 44.2 Å². The maximum absolute atomic E-state index is 13.2. The smallest absolute Gasteiger partial charge is 0.357 e. The van der Waals surface area contributed by atoms with Gasteiger partial charge in [-0.25, -0.2) is 40.3 Å². The van der Waals surface area contributed by atoms with Crippen LogP contribution in [-0.4, -0.2) is 35.8 Å². The van der Waals surface area contributed by atoms with Crippen LogP contribution in [0.1, 0.15) is 18.2 Å². The number of halogens is 2. The number of benzene rings is 3. The molecule has 40 heavy (non-hydrogen) atoms. The second-order valence-corrected chi connectivity index (χ2v) is 9.82. The summed E-state index contributed by atoms with van der Waals surface area (Å²) in [5, 5.41) is 6.32. The lowest BCUT2D eigenvalue weighted by Gasteiger charge is -2.26. The zero-order valence-corrected chi connectivity index (χ0v) is 23.9. The van der Waals surface area contributed by atoms with E-state index in [0.29, 0.717) is 40.1 Å². The first-order valence-corrected chi connectivity index (χ1v) is 12.6. The number of amides is 2. The van der Waals surface area contributed by atoms with Gasteiger partial charge in [-0.3, -0.25) is 0 Å². The van der Waals surface area contributed by atoms with Crippen molar-refractivity contribution < 1.29 is 23.0 Å². The van der Waals surface area contributed by atoms with E-state index < -0.39 is 11.7 Å². The van der Waals surface area contributed by atoms with Gasteiger partial charge in [-0.15, -0.1) is 0 Å². The molecule has 0 saturated carbocycles. The first-order valence-electron chi connectivity index (χ1n) is 12.0. The second kappa shape index (κ2) is 12.8. The summed E-state index contributed by atoms with van der Waals surface area (Å²) >= 11 is 0. The number of urea groups is 1. The number of anilines is 3. The minimum absolute atomic E-state index is 0.389. The predicted octanol–water partition coefficient (Wildman–Crippen LogP) is 5.74. The number of carbonyl (C=O) groups is 1. The van der Waals surface area contributed by atoms with E-state index in [0.717, 1.165) is 33.6 Å². The van der Waals surface area contributed by atoms with Crippen LogP contribution in [0.4, 0.5) is 30.9 Å². The van der Waals surface area contributed by atoms with Crippen LogP contribution in [0.2, 0.25) is 0 Å². The quantitative estimate of drug-likeness (QED) is 0.116. The first-order chi connectivity index (χ1) is 18.8. The van der Waals surface area contributed by atoms with E-state index in [1.165, 1.54) is 16.3 Å². The van der Waals surface area contributed by atoms with Crippen molar-refractivity contribution in [1.82, 2.24) is 9.97 Å². The molecule has 10 nitrogen and oxygen atoms in total. The van der Waals surface area contributed by atoms with Gasteiger partial charge in [0.2, 0.25) is 11.8 Å². The molecule has 0 spiro atoms. The van der Waals surface area contributed by atoms with E-state index in [9.17, 15) is 13.6 Å². The predicted molar refractivity (Wildman–Crippen MR) is 157 cm³/mol. The van der Waals surface area contributed by atoms with Gasteiger partial charge in [0.1, 0.15) is 17.2 Å². The monoisotopic (exact) mass is 571 g/mol. The van der Waals surface area contributed by atoms with Crippen molar-refractivity contribution in [1.29, 1.82) is 0 Å². The van der Waals surface area contributed by atoms with E-state index in [1.54, 1.807) is 37.4 Å². The van der Waals surface area contributed by atoms with Crippen LogP contribution >= 0.6 is 9.24 Å². The summed E-state index contributed by atoms with van der Waals surface area (Å²) in [7, 11) is 4.63. The molecule has 1 unspecified atom stereocenters. The van der Waals surface area contributed by atoms with Crippen molar-refractivity contribution in [3.8, 4) is 17.4 Å². The Morgan fingerprint density at radius 2 is 1.55 bits per heavy atom. The molecule has 1 atom stereocenters. The minimum atomic E-state index is -2.58. The largest absolute Gasteiger partial charge is 0.495 e. The molecule has 212 valence electrons. The fraction of sp³-hybridized carbons (Fsp3) is 0.222. The Morgan fingerprint density at radius 3 is 2.17 bits per heavy atom. The van der Waals surface area contributed by atoms with Gasteiger partial charge in [-0.2, -0.15) is 4.98 Å². The number of alkyl halides is 2. The van der Waals surface area contributed by atoms with Crippen molar-refractivity contribution in [2.45, 2.75) is 26.4 Å². The molecule has 0 radical (unpaired) electrons. The molecular weight excluding hydrogens is 539 g/mol. The van der Waals surface area contributed by atoms with Crippen LogP contribution in [-0.2, 0) is 0 Å². The number of hydrazine groups is 2. The number of hydrogen-bond acceptors (Lipinski definition) is 8. The highest BCUT2D eigenvalue weighted by molar-refractivity contribution is 7.18. The first kappa shape index (κ1) is 30.4. The van der Waals surface area contributed by atoms with Crippen LogP contribution in [0.5, 0.6) is 17.4 Å². The molecular formula is C27H32F2N7O3P. The number of hydrogen-bond donors (Lipinski definition) is 3. The number of nitrogens with zero attached hydrogens (tertiary/aromatic N) is 4. The fourth-order valence-electron chi connectivity index (χ4n) is 3.68. The van der Waals surface area contributed by atoms with Gasteiger partial charge in [0.05, 0.1) is 12.8 Å². The van der Waals surface area contributed by atoms with Gasteiger partial charge in [0.25, 0.3) is 5.66 Å². The van der Waals surface area contributed by atoms with Crippen molar-refractivity contribution >= 4 is 43.4 Å². The number of nitrogens with one attached hydrogen (secondary N) is 1. The van der Waals surface area contributed by atoms with Crippen molar-refractivity contribution in [3.63, 3.8) is 0 Å². The van der Waals surface area contributed by atoms with Gasteiger partial charge in [-0.1, -0.05) is 39.6 Å². The zero-order valence-electron chi connectivity index (χ0n) is 22.8. The van der Waals surface area contributed by atoms with E-state index in [-0.39, 0.29) is 0 Å². The number of aryl methyl sites for hydroxylation is 2. The van der Waals surface area contributed by atoms with Gasteiger partial charge >= 0.3 is 6.03 Å². The number of aromatic nitrogens is 2. The third-order valence-electron chi connectivity index (χ3n) is 5.40. The molecule has 0 fully saturated rings. The Labute approximate surface area is 233 Å². The summed E-state index contributed by atoms with van der Waals surface area (Å²) in [6.07, 6.45) is 0. The Balaban J connectivity index is 0.000000810. The number of rotatable bonds is 6. The standard InChI is InChI=1S/C25H27N7O3.C2H5F2P/c1-15-9-11-22(34-4)20(13-15)32(27)25(33)31(26)19-10-12-21(18-8-6-5-7-17(18)19)35-23-14-16(2)29-24(28-3)30-23;1-2(3,4)5/h5-14H,26-27H2,1-4H3,(H,28,29,30);5H2,1H3. The third-order valence-corrected chi connectivity index (χ3v) is 5.40. The van der Waals surface area contributed by atoms with Crippen LogP contribution in [0.25, 0.3) is 10.8 Å². The number of ether oxygens (including phenoxy) is 2. The van der Waals surface area contributed by atoms with Gasteiger partial charge in [0.15, 0.2) is 0 Å². The van der Waals surface area contributed by atoms with E-state index in [4.69, 9.17) is 21.2 Å². The molecule has 5 N–H and O–H groups in total. The third kappa shape index (κ3) is 7.72. The molecule has 0 aliphatic heterocycles. The Bertz CT molecular complexity index is 1500. The van der Waals surface area contributed by atoms with Crippen molar-refractivity contribution in [2.24, 2.45) is 11.7 Å². The number of methoxy groups -OCH3 is 1. The van der Waals surface area contributed by atoms with Crippen LogP contribution in [0.3, 0.4) is 0 Å². The lowest BCUT2D eigenvalue weighted by atomic mass is 10.1. The lowest BCUT2D eigenvalue weighted by molar-refractivity contribution is 0.128. The SMILES string of the molecule is CC(F)(F)P.CNc1nc(C)cc(Oc2ccc(N(N)C(=O)N(N)c3cc(C)ccc3OC)c3ccccc23)n1. The molecule has 4 aromatic rings. The average molecular weight is 572 g/mol. The molecule has 13 heteroatoms. The maximum Gasteiger partial charge on any atom is 0.357 e. The summed E-state index contributed by atoms with van der Waals surface area (Å²) in [5.74, 6) is 14.3. The van der Waals surface area contributed by atoms with Gasteiger partial charge in [0, 0.05) is 36.5 Å². The second-order valence-electron chi connectivity index (χ2n) is 8.81. The summed E-state index contributed by atoms with van der Waals surface area (Å²) in [6.45, 7) is 4.57. The number of carbonyl (C=O) groups excluding carboxylic acids is 1. The Kier molecular flexibility index (Phi) is 9.75.